The van der Waals surface area contributed by atoms with Crippen molar-refractivity contribution in [3.05, 3.63) is 34.9 Å². The van der Waals surface area contributed by atoms with Crippen LogP contribution in [-0.2, 0) is 18.0 Å². The van der Waals surface area contributed by atoms with E-state index in [0.717, 1.165) is 18.4 Å². The average Bonchev–Trinajstić information content (AvgIpc) is 2.92. The normalized spacial score (nSPS) is 26.8. The molecule has 1 N–H and O–H groups in total. The summed E-state index contributed by atoms with van der Waals surface area (Å²) >= 11 is 0. The number of fused-ring (bicyclic) bond motifs is 1. The number of aliphatic hydroxyl groups excluding tert-OH is 1. The van der Waals surface area contributed by atoms with Gasteiger partial charge in [-0.2, -0.15) is 0 Å². The largest absolute Gasteiger partial charge is 0.391 e. The maximum atomic E-state index is 12.5. The number of aliphatic hydroxyl groups is 1. The molecule has 2 aliphatic heterocycles. The van der Waals surface area contributed by atoms with Gasteiger partial charge in [-0.3, -0.25) is 4.79 Å². The topological polar surface area (TPSA) is 49.8 Å². The van der Waals surface area contributed by atoms with E-state index in [-0.39, 0.29) is 17.4 Å². The van der Waals surface area contributed by atoms with Gasteiger partial charge in [0.2, 0.25) is 0 Å². The van der Waals surface area contributed by atoms with Crippen LogP contribution in [0.25, 0.3) is 0 Å². The lowest BCUT2D eigenvalue weighted by molar-refractivity contribution is 0.0764. The van der Waals surface area contributed by atoms with E-state index in [9.17, 15) is 9.90 Å². The molecular weight excluding hydrogens is 242 g/mol. The number of β-amino-alcohol motifs (C(OH)–C–C–N with tert-alkyl or cyclic N) is 1. The van der Waals surface area contributed by atoms with E-state index in [4.69, 9.17) is 4.74 Å². The zero-order valence-corrected chi connectivity index (χ0v) is 10.8. The Labute approximate surface area is 112 Å². The molecule has 0 radical (unpaired) electrons. The monoisotopic (exact) mass is 259 g/mol. The molecule has 1 aliphatic carbocycles. The van der Waals surface area contributed by atoms with Gasteiger partial charge < -0.3 is 14.7 Å². The maximum Gasteiger partial charge on any atom is 0.253 e. The van der Waals surface area contributed by atoms with Crippen molar-refractivity contribution in [1.29, 1.82) is 0 Å². The predicted molar refractivity (Wildman–Crippen MR) is 68.5 cm³/mol. The molecule has 2 fully saturated rings. The highest BCUT2D eigenvalue weighted by atomic mass is 16.5. The number of rotatable bonds is 1. The summed E-state index contributed by atoms with van der Waals surface area (Å²) in [6.45, 7) is 2.44. The standard InChI is InChI=1S/C15H17NO3/c17-13-6-16(9-15(13)3-4-15)14(18)10-1-2-11-7-19-8-12(11)5-10/h1-2,5,13,17H,3-4,6-9H2. The van der Waals surface area contributed by atoms with Gasteiger partial charge in [-0.05, 0) is 36.1 Å². The van der Waals surface area contributed by atoms with Crippen molar-refractivity contribution in [1.82, 2.24) is 4.90 Å². The highest BCUT2D eigenvalue weighted by molar-refractivity contribution is 5.94. The Morgan fingerprint density at radius 1 is 1.32 bits per heavy atom. The van der Waals surface area contributed by atoms with Gasteiger partial charge in [0, 0.05) is 24.1 Å². The summed E-state index contributed by atoms with van der Waals surface area (Å²) in [4.78, 5) is 14.3. The van der Waals surface area contributed by atoms with Crippen LogP contribution < -0.4 is 0 Å². The van der Waals surface area contributed by atoms with Crippen molar-refractivity contribution in [2.24, 2.45) is 5.41 Å². The van der Waals surface area contributed by atoms with Gasteiger partial charge in [-0.1, -0.05) is 6.07 Å². The van der Waals surface area contributed by atoms with E-state index in [2.05, 4.69) is 0 Å². The fourth-order valence-electron chi connectivity index (χ4n) is 3.25. The van der Waals surface area contributed by atoms with Gasteiger partial charge in [0.05, 0.1) is 19.3 Å². The highest BCUT2D eigenvalue weighted by Crippen LogP contribution is 2.52. The summed E-state index contributed by atoms with van der Waals surface area (Å²) < 4.78 is 5.37. The molecule has 100 valence electrons. The number of hydrogen-bond acceptors (Lipinski definition) is 3. The maximum absolute atomic E-state index is 12.5. The summed E-state index contributed by atoms with van der Waals surface area (Å²) in [6, 6.07) is 5.80. The number of benzene rings is 1. The van der Waals surface area contributed by atoms with Crippen LogP contribution in [0.15, 0.2) is 18.2 Å². The van der Waals surface area contributed by atoms with E-state index in [0.29, 0.717) is 31.9 Å². The van der Waals surface area contributed by atoms with Crippen molar-refractivity contribution in [3.63, 3.8) is 0 Å². The van der Waals surface area contributed by atoms with Crippen molar-refractivity contribution in [2.45, 2.75) is 32.2 Å². The van der Waals surface area contributed by atoms with E-state index in [1.807, 2.05) is 18.2 Å². The molecule has 4 nitrogen and oxygen atoms in total. The minimum atomic E-state index is -0.339. The molecule has 1 spiro atoms. The van der Waals surface area contributed by atoms with Gasteiger partial charge in [0.25, 0.3) is 5.91 Å². The lowest BCUT2D eigenvalue weighted by Crippen LogP contribution is -2.29. The first kappa shape index (κ1) is 11.4. The second kappa shape index (κ2) is 3.81. The SMILES string of the molecule is O=C(c1ccc2c(c1)COC2)N1CC(O)C2(CC2)C1. The molecule has 19 heavy (non-hydrogen) atoms. The Balaban J connectivity index is 1.58. The molecular formula is C15H17NO3. The van der Waals surface area contributed by atoms with Gasteiger partial charge in [0.15, 0.2) is 0 Å². The van der Waals surface area contributed by atoms with Crippen LogP contribution in [0.1, 0.15) is 34.3 Å². The Kier molecular flexibility index (Phi) is 2.29. The van der Waals surface area contributed by atoms with Crippen molar-refractivity contribution < 1.29 is 14.6 Å². The first-order chi connectivity index (χ1) is 9.18. The summed E-state index contributed by atoms with van der Waals surface area (Å²) in [5.41, 5.74) is 3.03. The van der Waals surface area contributed by atoms with Gasteiger partial charge in [-0.25, -0.2) is 0 Å². The summed E-state index contributed by atoms with van der Waals surface area (Å²) in [5, 5.41) is 10.0. The number of amides is 1. The number of hydrogen-bond donors (Lipinski definition) is 1. The van der Waals surface area contributed by atoms with Crippen molar-refractivity contribution in [3.8, 4) is 0 Å². The Bertz CT molecular complexity index is 550. The number of carbonyl (C=O) groups is 1. The number of ether oxygens (including phenoxy) is 1. The summed E-state index contributed by atoms with van der Waals surface area (Å²) in [5.74, 6) is 0.0394. The fourth-order valence-corrected chi connectivity index (χ4v) is 3.25. The zero-order chi connectivity index (χ0) is 13.0. The molecule has 4 heteroatoms. The molecule has 3 aliphatic rings. The van der Waals surface area contributed by atoms with Crippen LogP contribution >= 0.6 is 0 Å². The molecule has 1 aromatic rings. The molecule has 1 atom stereocenters. The first-order valence-corrected chi connectivity index (χ1v) is 6.85. The molecule has 1 amide bonds. The predicted octanol–water partition coefficient (Wildman–Crippen LogP) is 1.31. The smallest absolute Gasteiger partial charge is 0.253 e. The molecule has 0 aromatic heterocycles. The third kappa shape index (κ3) is 1.70. The molecule has 1 unspecified atom stereocenters. The molecule has 1 aromatic carbocycles. The van der Waals surface area contributed by atoms with Gasteiger partial charge >= 0.3 is 0 Å². The van der Waals surface area contributed by atoms with Crippen LogP contribution in [0.2, 0.25) is 0 Å². The first-order valence-electron chi connectivity index (χ1n) is 6.85. The van der Waals surface area contributed by atoms with Crippen molar-refractivity contribution >= 4 is 5.91 Å². The summed E-state index contributed by atoms with van der Waals surface area (Å²) in [7, 11) is 0. The number of nitrogens with zero attached hydrogens (tertiary/aromatic N) is 1. The molecule has 2 heterocycles. The Morgan fingerprint density at radius 3 is 2.84 bits per heavy atom. The Hall–Kier alpha value is -1.39. The van der Waals surface area contributed by atoms with Crippen LogP contribution in [-0.4, -0.2) is 35.1 Å². The van der Waals surface area contributed by atoms with E-state index in [1.165, 1.54) is 5.56 Å². The lowest BCUT2D eigenvalue weighted by Gasteiger charge is -2.16. The second-order valence-electron chi connectivity index (χ2n) is 6.04. The minimum absolute atomic E-state index is 0.0233. The number of likely N-dealkylation sites (tertiary alicyclic amines) is 1. The Morgan fingerprint density at radius 2 is 2.11 bits per heavy atom. The van der Waals surface area contributed by atoms with Crippen molar-refractivity contribution in [2.75, 3.05) is 13.1 Å². The number of carbonyl (C=O) groups excluding carboxylic acids is 1. The van der Waals surface area contributed by atoms with E-state index < -0.39 is 0 Å². The third-order valence-electron chi connectivity index (χ3n) is 4.75. The molecule has 0 bridgehead atoms. The quantitative estimate of drug-likeness (QED) is 0.827. The molecule has 1 saturated carbocycles. The lowest BCUT2D eigenvalue weighted by atomic mass is 10.0. The second-order valence-corrected chi connectivity index (χ2v) is 6.04. The van der Waals surface area contributed by atoms with E-state index >= 15 is 0 Å². The highest BCUT2D eigenvalue weighted by Gasteiger charge is 2.55. The zero-order valence-electron chi connectivity index (χ0n) is 10.8. The van der Waals surface area contributed by atoms with Gasteiger partial charge in [-0.15, -0.1) is 0 Å². The molecule has 1 saturated heterocycles. The van der Waals surface area contributed by atoms with Crippen LogP contribution in [0.5, 0.6) is 0 Å². The fraction of sp³-hybridized carbons (Fsp3) is 0.533. The minimum Gasteiger partial charge on any atom is -0.391 e. The average molecular weight is 259 g/mol. The van der Waals surface area contributed by atoms with Crippen LogP contribution in [0.3, 0.4) is 0 Å². The summed E-state index contributed by atoms with van der Waals surface area (Å²) in [6.07, 6.45) is 1.76. The van der Waals surface area contributed by atoms with Gasteiger partial charge in [0.1, 0.15) is 0 Å². The van der Waals surface area contributed by atoms with E-state index in [1.54, 1.807) is 4.90 Å². The van der Waals surface area contributed by atoms with Crippen LogP contribution in [0.4, 0.5) is 0 Å². The van der Waals surface area contributed by atoms with Crippen LogP contribution in [0, 0.1) is 5.41 Å². The third-order valence-corrected chi connectivity index (χ3v) is 4.75. The molecule has 4 rings (SSSR count).